The van der Waals surface area contributed by atoms with E-state index in [-0.39, 0.29) is 29.3 Å². The highest BCUT2D eigenvalue weighted by Crippen LogP contribution is 2.26. The van der Waals surface area contributed by atoms with Crippen LogP contribution in [0.3, 0.4) is 0 Å². The summed E-state index contributed by atoms with van der Waals surface area (Å²) in [5, 5.41) is 6.59. The lowest BCUT2D eigenvalue weighted by Crippen LogP contribution is -2.60. The van der Waals surface area contributed by atoms with Crippen molar-refractivity contribution < 1.29 is 14.4 Å². The molecule has 2 N–H and O–H groups in total. The van der Waals surface area contributed by atoms with Gasteiger partial charge in [-0.1, -0.05) is 86.4 Å². The van der Waals surface area contributed by atoms with Crippen LogP contribution in [0.1, 0.15) is 49.2 Å². The number of nitrogens with zero attached hydrogens (tertiary/aromatic N) is 2. The van der Waals surface area contributed by atoms with Crippen molar-refractivity contribution >= 4 is 46.7 Å². The molecule has 0 bridgehead atoms. The molecule has 216 valence electrons. The molecule has 9 heteroatoms. The fraction of sp³-hybridized carbons (Fsp3) is 0.344. The molecule has 4 rings (SSSR count). The van der Waals surface area contributed by atoms with E-state index < -0.39 is 6.04 Å². The minimum Gasteiger partial charge on any atom is -0.340 e. The predicted octanol–water partition coefficient (Wildman–Crippen LogP) is 6.40. The van der Waals surface area contributed by atoms with Crippen molar-refractivity contribution in [2.24, 2.45) is 0 Å². The maximum absolute atomic E-state index is 13.8. The van der Waals surface area contributed by atoms with Gasteiger partial charge in [-0.3, -0.25) is 9.59 Å². The second-order valence-electron chi connectivity index (χ2n) is 11.4. The smallest absolute Gasteiger partial charge is 0.322 e. The number of anilines is 1. The summed E-state index contributed by atoms with van der Waals surface area (Å²) in [5.74, 6) is -0.475. The average molecular weight is 596 g/mol. The molecule has 3 aromatic rings. The zero-order chi connectivity index (χ0) is 29.7. The molecule has 2 unspecified atom stereocenters. The van der Waals surface area contributed by atoms with Gasteiger partial charge in [0.05, 0.1) is 10.0 Å². The van der Waals surface area contributed by atoms with Crippen LogP contribution in [-0.2, 0) is 16.6 Å². The molecule has 1 aliphatic rings. The summed E-state index contributed by atoms with van der Waals surface area (Å²) in [4.78, 5) is 43.5. The molecule has 0 radical (unpaired) electrons. The number of halogens is 2. The topological polar surface area (TPSA) is 81.8 Å². The largest absolute Gasteiger partial charge is 0.340 e. The Bertz CT molecular complexity index is 1390. The summed E-state index contributed by atoms with van der Waals surface area (Å²) >= 11 is 12.1. The van der Waals surface area contributed by atoms with Crippen LogP contribution >= 0.6 is 23.2 Å². The number of piperazine rings is 1. The molecule has 0 aliphatic carbocycles. The number of hydrogen-bond donors (Lipinski definition) is 2. The van der Waals surface area contributed by atoms with Gasteiger partial charge in [0.15, 0.2) is 0 Å². The summed E-state index contributed by atoms with van der Waals surface area (Å²) in [6.07, 6.45) is 0.359. The molecular formula is C32H36Cl2N4O3. The highest BCUT2D eigenvalue weighted by molar-refractivity contribution is 6.42. The standard InChI is InChI=1S/C32H36Cl2N4O3/c1-21-20-37(16-17-38(21)31(41)35-25-14-15-26(33)27(34)19-25)30(40)28(18-22-8-6-5-7-9-22)36-29(39)23-10-12-24(13-11-23)32(2,3)4/h5-15,19,21,28H,16-18,20H2,1-4H3,(H,35,41)(H,36,39). The van der Waals surface area contributed by atoms with Crippen molar-refractivity contribution in [2.75, 3.05) is 25.0 Å². The van der Waals surface area contributed by atoms with Crippen molar-refractivity contribution in [3.8, 4) is 0 Å². The van der Waals surface area contributed by atoms with E-state index in [4.69, 9.17) is 23.2 Å². The van der Waals surface area contributed by atoms with Crippen molar-refractivity contribution in [3.63, 3.8) is 0 Å². The lowest BCUT2D eigenvalue weighted by molar-refractivity contribution is -0.135. The fourth-order valence-electron chi connectivity index (χ4n) is 4.86. The van der Waals surface area contributed by atoms with Gasteiger partial charge in [0.25, 0.3) is 5.91 Å². The third-order valence-corrected chi connectivity index (χ3v) is 8.01. The summed E-state index contributed by atoms with van der Waals surface area (Å²) in [6, 6.07) is 20.8. The first-order valence-corrected chi connectivity index (χ1v) is 14.4. The molecule has 0 spiro atoms. The van der Waals surface area contributed by atoms with Gasteiger partial charge >= 0.3 is 6.03 Å². The normalized spacial score (nSPS) is 16.2. The van der Waals surface area contributed by atoms with Crippen LogP contribution in [0.5, 0.6) is 0 Å². The number of rotatable bonds is 6. The molecular weight excluding hydrogens is 559 g/mol. The van der Waals surface area contributed by atoms with E-state index in [0.717, 1.165) is 11.1 Å². The van der Waals surface area contributed by atoms with E-state index in [0.29, 0.717) is 47.4 Å². The summed E-state index contributed by atoms with van der Waals surface area (Å²) in [7, 11) is 0. The number of amides is 4. The maximum Gasteiger partial charge on any atom is 0.322 e. The number of carbonyl (C=O) groups is 3. The Labute approximate surface area is 251 Å². The molecule has 1 saturated heterocycles. The molecule has 0 saturated carbocycles. The predicted molar refractivity (Wildman–Crippen MR) is 165 cm³/mol. The van der Waals surface area contributed by atoms with Gasteiger partial charge in [-0.2, -0.15) is 0 Å². The van der Waals surface area contributed by atoms with Crippen LogP contribution in [-0.4, -0.2) is 59.4 Å². The number of benzene rings is 3. The van der Waals surface area contributed by atoms with E-state index >= 15 is 0 Å². The molecule has 4 amide bonds. The second kappa shape index (κ2) is 13.0. The van der Waals surface area contributed by atoms with Gasteiger partial charge in [0.2, 0.25) is 5.91 Å². The van der Waals surface area contributed by atoms with Crippen LogP contribution in [0.15, 0.2) is 72.8 Å². The van der Waals surface area contributed by atoms with Gasteiger partial charge in [-0.25, -0.2) is 4.79 Å². The Hall–Kier alpha value is -3.55. The third-order valence-electron chi connectivity index (χ3n) is 7.27. The third kappa shape index (κ3) is 7.80. The minimum atomic E-state index is -0.754. The molecule has 41 heavy (non-hydrogen) atoms. The van der Waals surface area contributed by atoms with Crippen molar-refractivity contribution in [1.29, 1.82) is 0 Å². The van der Waals surface area contributed by atoms with Gasteiger partial charge in [0.1, 0.15) is 6.04 Å². The fourth-order valence-corrected chi connectivity index (χ4v) is 5.16. The lowest BCUT2D eigenvalue weighted by Gasteiger charge is -2.41. The van der Waals surface area contributed by atoms with Gasteiger partial charge in [-0.05, 0) is 53.8 Å². The molecule has 1 aliphatic heterocycles. The Morgan fingerprint density at radius 1 is 0.927 bits per heavy atom. The first-order valence-electron chi connectivity index (χ1n) is 13.7. The van der Waals surface area contributed by atoms with Crippen molar-refractivity contribution in [2.45, 2.75) is 51.6 Å². The molecule has 0 aromatic heterocycles. The van der Waals surface area contributed by atoms with E-state index in [9.17, 15) is 14.4 Å². The van der Waals surface area contributed by atoms with Gasteiger partial charge in [0, 0.05) is 43.3 Å². The monoisotopic (exact) mass is 594 g/mol. The zero-order valence-corrected chi connectivity index (χ0v) is 25.3. The summed E-state index contributed by atoms with van der Waals surface area (Å²) in [5.41, 5.74) is 3.08. The molecule has 7 nitrogen and oxygen atoms in total. The van der Waals surface area contributed by atoms with E-state index in [2.05, 4.69) is 31.4 Å². The molecule has 3 aromatic carbocycles. The maximum atomic E-state index is 13.8. The van der Waals surface area contributed by atoms with Gasteiger partial charge in [-0.15, -0.1) is 0 Å². The summed E-state index contributed by atoms with van der Waals surface area (Å²) in [6.45, 7) is 9.29. The molecule has 2 atom stereocenters. The van der Waals surface area contributed by atoms with E-state index in [1.54, 1.807) is 40.1 Å². The van der Waals surface area contributed by atoms with E-state index in [1.807, 2.05) is 49.4 Å². The van der Waals surface area contributed by atoms with Gasteiger partial charge < -0.3 is 20.4 Å². The van der Waals surface area contributed by atoms with Crippen LogP contribution < -0.4 is 10.6 Å². The van der Waals surface area contributed by atoms with Crippen molar-refractivity contribution in [1.82, 2.24) is 15.1 Å². The first-order chi connectivity index (χ1) is 19.4. The van der Waals surface area contributed by atoms with Crippen molar-refractivity contribution in [3.05, 3.63) is 99.5 Å². The molecule has 1 heterocycles. The Balaban J connectivity index is 1.44. The Morgan fingerprint density at radius 3 is 2.22 bits per heavy atom. The number of urea groups is 1. The number of carbonyl (C=O) groups excluding carboxylic acids is 3. The molecule has 1 fully saturated rings. The second-order valence-corrected chi connectivity index (χ2v) is 12.2. The quantitative estimate of drug-likeness (QED) is 0.346. The lowest BCUT2D eigenvalue weighted by atomic mass is 9.86. The minimum absolute atomic E-state index is 0.0293. The number of nitrogens with one attached hydrogen (secondary N) is 2. The van der Waals surface area contributed by atoms with E-state index in [1.165, 1.54) is 0 Å². The Kier molecular flexibility index (Phi) is 9.61. The number of hydrogen-bond acceptors (Lipinski definition) is 3. The first kappa shape index (κ1) is 30.4. The zero-order valence-electron chi connectivity index (χ0n) is 23.8. The highest BCUT2D eigenvalue weighted by Gasteiger charge is 2.34. The SMILES string of the molecule is CC1CN(C(=O)C(Cc2ccccc2)NC(=O)c2ccc(C(C)(C)C)cc2)CCN1C(=O)Nc1ccc(Cl)c(Cl)c1. The van der Waals surface area contributed by atoms with Crippen LogP contribution in [0.25, 0.3) is 0 Å². The highest BCUT2D eigenvalue weighted by atomic mass is 35.5. The average Bonchev–Trinajstić information content (AvgIpc) is 2.94. The van der Waals surface area contributed by atoms with Crippen LogP contribution in [0.4, 0.5) is 10.5 Å². The summed E-state index contributed by atoms with van der Waals surface area (Å²) < 4.78 is 0. The Morgan fingerprint density at radius 2 is 1.61 bits per heavy atom. The van der Waals surface area contributed by atoms with Crippen LogP contribution in [0, 0.1) is 0 Å². The van der Waals surface area contributed by atoms with Crippen LogP contribution in [0.2, 0.25) is 10.0 Å².